The van der Waals surface area contributed by atoms with E-state index in [-0.39, 0.29) is 5.56 Å². The molecule has 2 rings (SSSR count). The van der Waals surface area contributed by atoms with Gasteiger partial charge < -0.3 is 9.84 Å². The van der Waals surface area contributed by atoms with Crippen molar-refractivity contribution in [2.24, 2.45) is 0 Å². The molecule has 4 heteroatoms. The van der Waals surface area contributed by atoms with Crippen LogP contribution in [0.1, 0.15) is 15.9 Å². The second kappa shape index (κ2) is 3.53. The van der Waals surface area contributed by atoms with Gasteiger partial charge in [0.15, 0.2) is 0 Å². The van der Waals surface area contributed by atoms with Crippen molar-refractivity contribution in [1.82, 2.24) is 0 Å². The molecule has 0 amide bonds. The average molecular weight is 210 g/mol. The summed E-state index contributed by atoms with van der Waals surface area (Å²) < 4.78 is 5.30. The van der Waals surface area contributed by atoms with Crippen molar-refractivity contribution in [2.75, 3.05) is 12.9 Å². The fraction of sp³-hybridized carbons (Fsp3) is 0.300. The topological polar surface area (TPSA) is 46.5 Å². The summed E-state index contributed by atoms with van der Waals surface area (Å²) in [6.07, 6.45) is 2.74. The van der Waals surface area contributed by atoms with Crippen LogP contribution in [0.25, 0.3) is 0 Å². The number of carboxylic acid groups (broad SMARTS) is 1. The molecule has 1 aliphatic heterocycles. The van der Waals surface area contributed by atoms with Gasteiger partial charge in [0, 0.05) is 11.3 Å². The minimum atomic E-state index is -0.918. The lowest BCUT2D eigenvalue weighted by molar-refractivity contribution is 0.0693. The fourth-order valence-corrected chi connectivity index (χ4v) is 2.05. The predicted octanol–water partition coefficient (Wildman–Crippen LogP) is 2.04. The first-order valence-corrected chi connectivity index (χ1v) is 5.52. The van der Waals surface area contributed by atoms with Crippen LogP contribution in [0.4, 0.5) is 0 Å². The van der Waals surface area contributed by atoms with Gasteiger partial charge in [0.25, 0.3) is 0 Å². The van der Waals surface area contributed by atoms with Crippen molar-refractivity contribution >= 4 is 17.7 Å². The Labute approximate surface area is 86.1 Å². The first-order valence-electron chi connectivity index (χ1n) is 4.29. The minimum absolute atomic E-state index is 0.282. The summed E-state index contributed by atoms with van der Waals surface area (Å²) >= 11 is 1.55. The number of thioether (sulfide) groups is 1. The molecule has 14 heavy (non-hydrogen) atoms. The first kappa shape index (κ1) is 9.40. The Morgan fingerprint density at radius 3 is 3.00 bits per heavy atom. The van der Waals surface area contributed by atoms with Crippen LogP contribution in [0.15, 0.2) is 17.0 Å². The zero-order valence-corrected chi connectivity index (χ0v) is 8.56. The highest BCUT2D eigenvalue weighted by atomic mass is 32.2. The lowest BCUT2D eigenvalue weighted by Crippen LogP contribution is -2.00. The summed E-state index contributed by atoms with van der Waals surface area (Å²) in [6.45, 7) is 0.591. The number of carbonyl (C=O) groups is 1. The number of fused-ring (bicyclic) bond motifs is 1. The molecule has 0 saturated carbocycles. The Hall–Kier alpha value is -1.16. The van der Waals surface area contributed by atoms with Crippen LogP contribution in [0.5, 0.6) is 5.75 Å². The third kappa shape index (κ3) is 1.46. The molecule has 1 heterocycles. The van der Waals surface area contributed by atoms with Crippen LogP contribution in [0.2, 0.25) is 0 Å². The number of hydrogen-bond acceptors (Lipinski definition) is 3. The number of carboxylic acids is 1. The molecule has 0 aromatic heterocycles. The Bertz CT molecular complexity index is 387. The van der Waals surface area contributed by atoms with Crippen molar-refractivity contribution in [3.05, 3.63) is 23.3 Å². The standard InChI is InChI=1S/C10H10O3S/c1-14-7-4-6-2-3-13-9(6)8(5-7)10(11)12/h4-5H,2-3H2,1H3,(H,11,12). The van der Waals surface area contributed by atoms with E-state index in [0.29, 0.717) is 12.4 Å². The molecule has 0 spiro atoms. The third-order valence-electron chi connectivity index (χ3n) is 2.22. The van der Waals surface area contributed by atoms with Crippen LogP contribution < -0.4 is 4.74 Å². The van der Waals surface area contributed by atoms with Crippen molar-refractivity contribution in [2.45, 2.75) is 11.3 Å². The highest BCUT2D eigenvalue weighted by molar-refractivity contribution is 7.98. The van der Waals surface area contributed by atoms with E-state index in [4.69, 9.17) is 9.84 Å². The smallest absolute Gasteiger partial charge is 0.339 e. The van der Waals surface area contributed by atoms with Crippen molar-refractivity contribution in [3.8, 4) is 5.75 Å². The van der Waals surface area contributed by atoms with E-state index < -0.39 is 5.97 Å². The van der Waals surface area contributed by atoms with Crippen LogP contribution in [-0.2, 0) is 6.42 Å². The third-order valence-corrected chi connectivity index (χ3v) is 2.93. The van der Waals surface area contributed by atoms with Crippen LogP contribution >= 0.6 is 11.8 Å². The maximum absolute atomic E-state index is 10.9. The summed E-state index contributed by atoms with van der Waals surface area (Å²) in [5.41, 5.74) is 1.29. The van der Waals surface area contributed by atoms with Gasteiger partial charge in [0.2, 0.25) is 0 Å². The molecule has 0 radical (unpaired) electrons. The molecule has 3 nitrogen and oxygen atoms in total. The SMILES string of the molecule is CSc1cc2c(c(C(=O)O)c1)OCC2. The monoisotopic (exact) mass is 210 g/mol. The van der Waals surface area contributed by atoms with E-state index in [1.54, 1.807) is 17.8 Å². The minimum Gasteiger partial charge on any atom is -0.492 e. The quantitative estimate of drug-likeness (QED) is 0.759. The van der Waals surface area contributed by atoms with Gasteiger partial charge in [0.1, 0.15) is 11.3 Å². The van der Waals surface area contributed by atoms with E-state index in [2.05, 4.69) is 0 Å². The summed E-state index contributed by atoms with van der Waals surface area (Å²) in [4.78, 5) is 11.9. The van der Waals surface area contributed by atoms with Crippen LogP contribution in [-0.4, -0.2) is 23.9 Å². The van der Waals surface area contributed by atoms with E-state index in [9.17, 15) is 4.79 Å². The molecule has 0 bridgehead atoms. The predicted molar refractivity (Wildman–Crippen MR) is 54.4 cm³/mol. The zero-order chi connectivity index (χ0) is 10.1. The van der Waals surface area contributed by atoms with Gasteiger partial charge in [-0.2, -0.15) is 0 Å². The maximum atomic E-state index is 10.9. The van der Waals surface area contributed by atoms with Crippen LogP contribution in [0, 0.1) is 0 Å². The second-order valence-electron chi connectivity index (χ2n) is 3.07. The highest BCUT2D eigenvalue weighted by Gasteiger charge is 2.21. The van der Waals surface area contributed by atoms with Gasteiger partial charge in [-0.1, -0.05) is 0 Å². The van der Waals surface area contributed by atoms with Crippen molar-refractivity contribution in [1.29, 1.82) is 0 Å². The number of hydrogen-bond donors (Lipinski definition) is 1. The number of ether oxygens (including phenoxy) is 1. The fourth-order valence-electron chi connectivity index (χ4n) is 1.56. The molecule has 74 valence electrons. The second-order valence-corrected chi connectivity index (χ2v) is 3.95. The summed E-state index contributed by atoms with van der Waals surface area (Å²) in [5.74, 6) is -0.366. The molecule has 0 atom stereocenters. The molecule has 1 N–H and O–H groups in total. The normalized spacial score (nSPS) is 13.5. The van der Waals surface area contributed by atoms with Gasteiger partial charge in [-0.3, -0.25) is 0 Å². The Balaban J connectivity index is 2.57. The number of rotatable bonds is 2. The Kier molecular flexibility index (Phi) is 2.37. The van der Waals surface area contributed by atoms with Crippen molar-refractivity contribution in [3.63, 3.8) is 0 Å². The number of aromatic carboxylic acids is 1. The maximum Gasteiger partial charge on any atom is 0.339 e. The zero-order valence-electron chi connectivity index (χ0n) is 7.74. The molecule has 0 aliphatic carbocycles. The first-order chi connectivity index (χ1) is 6.72. The summed E-state index contributed by atoms with van der Waals surface area (Å²) in [6, 6.07) is 3.66. The molecular formula is C10H10O3S. The van der Waals surface area contributed by atoms with Gasteiger partial charge in [-0.05, 0) is 24.0 Å². The van der Waals surface area contributed by atoms with E-state index in [1.165, 1.54) is 0 Å². The molecular weight excluding hydrogens is 200 g/mol. The largest absolute Gasteiger partial charge is 0.492 e. The lowest BCUT2D eigenvalue weighted by atomic mass is 10.1. The van der Waals surface area contributed by atoms with Gasteiger partial charge >= 0.3 is 5.97 Å². The lowest BCUT2D eigenvalue weighted by Gasteiger charge is -2.05. The van der Waals surface area contributed by atoms with Crippen LogP contribution in [0.3, 0.4) is 0 Å². The van der Waals surface area contributed by atoms with Gasteiger partial charge in [0.05, 0.1) is 6.61 Å². The Morgan fingerprint density at radius 2 is 2.36 bits per heavy atom. The van der Waals surface area contributed by atoms with Gasteiger partial charge in [-0.15, -0.1) is 11.8 Å². The van der Waals surface area contributed by atoms with Gasteiger partial charge in [-0.25, -0.2) is 4.79 Å². The molecule has 0 unspecified atom stereocenters. The molecule has 1 aromatic carbocycles. The average Bonchev–Trinajstić information content (AvgIpc) is 2.63. The molecule has 0 saturated heterocycles. The summed E-state index contributed by atoms with van der Waals surface area (Å²) in [7, 11) is 0. The van der Waals surface area contributed by atoms with Crippen molar-refractivity contribution < 1.29 is 14.6 Å². The van der Waals surface area contributed by atoms with E-state index in [0.717, 1.165) is 16.9 Å². The Morgan fingerprint density at radius 1 is 1.57 bits per heavy atom. The van der Waals surface area contributed by atoms with E-state index in [1.807, 2.05) is 12.3 Å². The number of benzene rings is 1. The molecule has 1 aliphatic rings. The summed E-state index contributed by atoms with van der Waals surface area (Å²) in [5, 5.41) is 8.98. The van der Waals surface area contributed by atoms with E-state index >= 15 is 0 Å². The highest BCUT2D eigenvalue weighted by Crippen LogP contribution is 2.33. The molecule has 0 fully saturated rings. The molecule has 1 aromatic rings.